The molecule has 110 valence electrons. The van der Waals surface area contributed by atoms with Gasteiger partial charge in [0.1, 0.15) is 6.61 Å². The fourth-order valence-electron chi connectivity index (χ4n) is 1.90. The lowest BCUT2D eigenvalue weighted by molar-refractivity contribution is -0.127. The third kappa shape index (κ3) is 5.22. The van der Waals surface area contributed by atoms with Crippen molar-refractivity contribution in [3.63, 3.8) is 0 Å². The van der Waals surface area contributed by atoms with Crippen molar-refractivity contribution < 1.29 is 14.3 Å². The van der Waals surface area contributed by atoms with Crippen molar-refractivity contribution in [2.45, 2.75) is 51.0 Å². The second kappa shape index (κ2) is 7.30. The van der Waals surface area contributed by atoms with Crippen molar-refractivity contribution in [3.05, 3.63) is 12.7 Å². The molecule has 1 atom stereocenters. The average molecular weight is 293 g/mol. The standard InChI is InChI=1S/C15H23NO3Si/c1-5-11-19-15(18)16-13(9-10-14(16)17)8-6-7-12-20(2,3)4/h5,13H,1,8-12H2,2-4H3/t13-/m1/s1. The van der Waals surface area contributed by atoms with E-state index >= 15 is 0 Å². The molecule has 5 heteroatoms. The summed E-state index contributed by atoms with van der Waals surface area (Å²) in [4.78, 5) is 24.8. The van der Waals surface area contributed by atoms with Crippen molar-refractivity contribution in [2.24, 2.45) is 0 Å². The molecule has 1 aliphatic rings. The molecular formula is C15H23NO3Si. The van der Waals surface area contributed by atoms with E-state index in [4.69, 9.17) is 4.74 Å². The third-order valence-electron chi connectivity index (χ3n) is 2.93. The Labute approximate surface area is 122 Å². The predicted octanol–water partition coefficient (Wildman–Crippen LogP) is 3.03. The lowest BCUT2D eigenvalue weighted by atomic mass is 10.1. The van der Waals surface area contributed by atoms with Gasteiger partial charge in [-0.2, -0.15) is 0 Å². The number of hydrogen-bond acceptors (Lipinski definition) is 3. The fourth-order valence-corrected chi connectivity index (χ4v) is 2.56. The Morgan fingerprint density at radius 2 is 2.20 bits per heavy atom. The normalized spacial score (nSPS) is 18.4. The molecule has 0 aromatic heterocycles. The van der Waals surface area contributed by atoms with Gasteiger partial charge in [-0.25, -0.2) is 9.69 Å². The van der Waals surface area contributed by atoms with Crippen LogP contribution in [0, 0.1) is 11.8 Å². The molecule has 0 aromatic rings. The molecule has 4 nitrogen and oxygen atoms in total. The van der Waals surface area contributed by atoms with Gasteiger partial charge in [-0.3, -0.25) is 4.79 Å². The summed E-state index contributed by atoms with van der Waals surface area (Å²) in [5.74, 6) is 6.11. The van der Waals surface area contributed by atoms with E-state index in [-0.39, 0.29) is 18.6 Å². The molecule has 1 rings (SSSR count). The van der Waals surface area contributed by atoms with Crippen molar-refractivity contribution in [1.82, 2.24) is 4.90 Å². The Balaban J connectivity index is 2.57. The summed E-state index contributed by atoms with van der Waals surface area (Å²) in [6.45, 7) is 10.4. The van der Waals surface area contributed by atoms with Crippen LogP contribution in [0.1, 0.15) is 19.3 Å². The molecule has 0 bridgehead atoms. The minimum Gasteiger partial charge on any atom is -0.445 e. The Hall–Kier alpha value is -1.54. The van der Waals surface area contributed by atoms with Gasteiger partial charge < -0.3 is 4.74 Å². The van der Waals surface area contributed by atoms with Gasteiger partial charge in [0.05, 0.1) is 14.1 Å². The third-order valence-corrected chi connectivity index (χ3v) is 4.17. The van der Waals surface area contributed by atoms with Crippen molar-refractivity contribution >= 4 is 20.1 Å². The highest BCUT2D eigenvalue weighted by molar-refractivity contribution is 6.76. The highest BCUT2D eigenvalue weighted by Crippen LogP contribution is 2.22. The fraction of sp³-hybridized carbons (Fsp3) is 0.600. The summed E-state index contributed by atoms with van der Waals surface area (Å²) in [7, 11) is -1.16. The van der Waals surface area contributed by atoms with Gasteiger partial charge in [-0.1, -0.05) is 32.3 Å². The SMILES string of the molecule is C=CCOC(=O)N1C(=O)CC[C@H]1CC#CC[Si](C)(C)C. The minimum absolute atomic E-state index is 0.122. The van der Waals surface area contributed by atoms with E-state index in [2.05, 4.69) is 38.1 Å². The highest BCUT2D eigenvalue weighted by Gasteiger charge is 2.36. The first-order valence-electron chi connectivity index (χ1n) is 6.90. The molecule has 0 radical (unpaired) electrons. The summed E-state index contributed by atoms with van der Waals surface area (Å²) >= 11 is 0. The summed E-state index contributed by atoms with van der Waals surface area (Å²) in [6.07, 6.45) is 2.51. The lowest BCUT2D eigenvalue weighted by Gasteiger charge is -2.20. The largest absolute Gasteiger partial charge is 0.445 e. The Morgan fingerprint density at radius 3 is 2.80 bits per heavy atom. The van der Waals surface area contributed by atoms with Crippen LogP contribution in [0.2, 0.25) is 25.7 Å². The van der Waals surface area contributed by atoms with E-state index in [1.54, 1.807) is 0 Å². The molecule has 1 aliphatic heterocycles. The molecule has 0 aromatic carbocycles. The topological polar surface area (TPSA) is 46.6 Å². The summed E-state index contributed by atoms with van der Waals surface area (Å²) in [5, 5.41) is 0. The molecule has 20 heavy (non-hydrogen) atoms. The van der Waals surface area contributed by atoms with Gasteiger partial charge in [0.25, 0.3) is 0 Å². The lowest BCUT2D eigenvalue weighted by Crippen LogP contribution is -2.38. The van der Waals surface area contributed by atoms with E-state index < -0.39 is 14.2 Å². The van der Waals surface area contributed by atoms with Crippen LogP contribution in [0.15, 0.2) is 12.7 Å². The second-order valence-corrected chi connectivity index (χ2v) is 11.6. The molecule has 0 aliphatic carbocycles. The van der Waals surface area contributed by atoms with Crippen molar-refractivity contribution in [2.75, 3.05) is 6.61 Å². The molecule has 1 saturated heterocycles. The van der Waals surface area contributed by atoms with E-state index in [1.165, 1.54) is 11.0 Å². The Kier molecular flexibility index (Phi) is 6.02. The zero-order chi connectivity index (χ0) is 15.2. The summed E-state index contributed by atoms with van der Waals surface area (Å²) < 4.78 is 4.94. The number of carbonyl (C=O) groups excluding carboxylic acids is 2. The van der Waals surface area contributed by atoms with Crippen LogP contribution >= 0.6 is 0 Å². The molecular weight excluding hydrogens is 270 g/mol. The first-order chi connectivity index (χ1) is 9.35. The monoisotopic (exact) mass is 293 g/mol. The Bertz CT molecular complexity index is 442. The number of rotatable bonds is 4. The van der Waals surface area contributed by atoms with E-state index in [9.17, 15) is 9.59 Å². The minimum atomic E-state index is -1.16. The number of imide groups is 1. The average Bonchev–Trinajstić information content (AvgIpc) is 2.72. The number of carbonyl (C=O) groups is 2. The van der Waals surface area contributed by atoms with Gasteiger partial charge in [-0.15, -0.1) is 11.8 Å². The molecule has 1 fully saturated rings. The van der Waals surface area contributed by atoms with Crippen LogP contribution in [0.5, 0.6) is 0 Å². The van der Waals surface area contributed by atoms with E-state index in [1.807, 2.05) is 0 Å². The quantitative estimate of drug-likeness (QED) is 0.455. The van der Waals surface area contributed by atoms with Gasteiger partial charge in [0.15, 0.2) is 0 Å². The molecule has 0 N–H and O–H groups in total. The molecule has 0 spiro atoms. The first kappa shape index (κ1) is 16.5. The number of nitrogens with zero attached hydrogens (tertiary/aromatic N) is 1. The van der Waals surface area contributed by atoms with Crippen molar-refractivity contribution in [1.29, 1.82) is 0 Å². The van der Waals surface area contributed by atoms with E-state index in [0.717, 1.165) is 6.04 Å². The summed E-state index contributed by atoms with van der Waals surface area (Å²) in [5.41, 5.74) is 0. The van der Waals surface area contributed by atoms with Crippen LogP contribution < -0.4 is 0 Å². The van der Waals surface area contributed by atoms with Crippen LogP contribution in [0.25, 0.3) is 0 Å². The van der Waals surface area contributed by atoms with Gasteiger partial charge in [0.2, 0.25) is 5.91 Å². The highest BCUT2D eigenvalue weighted by atomic mass is 28.3. The predicted molar refractivity (Wildman–Crippen MR) is 82.0 cm³/mol. The van der Waals surface area contributed by atoms with Crippen molar-refractivity contribution in [3.8, 4) is 11.8 Å². The molecule has 0 saturated carbocycles. The maximum Gasteiger partial charge on any atom is 0.417 e. The Morgan fingerprint density at radius 1 is 1.50 bits per heavy atom. The van der Waals surface area contributed by atoms with Crippen LogP contribution in [-0.4, -0.2) is 37.6 Å². The molecule has 0 unspecified atom stereocenters. The van der Waals surface area contributed by atoms with Gasteiger partial charge >= 0.3 is 6.09 Å². The number of likely N-dealkylation sites (tertiary alicyclic amines) is 1. The van der Waals surface area contributed by atoms with E-state index in [0.29, 0.717) is 19.3 Å². The summed E-state index contributed by atoms with van der Waals surface area (Å²) in [6, 6.07) is 0.795. The van der Waals surface area contributed by atoms with Crippen LogP contribution in [0.3, 0.4) is 0 Å². The van der Waals surface area contributed by atoms with Gasteiger partial charge in [0, 0.05) is 18.9 Å². The second-order valence-electron chi connectivity index (χ2n) is 6.12. The smallest absolute Gasteiger partial charge is 0.417 e. The van der Waals surface area contributed by atoms with Gasteiger partial charge in [-0.05, 0) is 6.42 Å². The molecule has 1 heterocycles. The first-order valence-corrected chi connectivity index (χ1v) is 10.6. The zero-order valence-electron chi connectivity index (χ0n) is 12.6. The zero-order valence-corrected chi connectivity index (χ0v) is 13.6. The number of ether oxygens (including phenoxy) is 1. The maximum absolute atomic E-state index is 11.8. The number of hydrogen-bond donors (Lipinski definition) is 0. The van der Waals surface area contributed by atoms with Crippen LogP contribution in [-0.2, 0) is 9.53 Å². The van der Waals surface area contributed by atoms with Crippen LogP contribution in [0.4, 0.5) is 4.79 Å². The number of amides is 2. The molecule has 2 amide bonds. The maximum atomic E-state index is 11.8.